The van der Waals surface area contributed by atoms with Crippen LogP contribution in [0.1, 0.15) is 25.0 Å². The zero-order valence-electron chi connectivity index (χ0n) is 12.2. The number of aryl methyl sites for hydroxylation is 1. The Balaban J connectivity index is 0.00000220. The van der Waals surface area contributed by atoms with E-state index in [0.29, 0.717) is 11.6 Å². The molecule has 0 bridgehead atoms. The van der Waals surface area contributed by atoms with Gasteiger partial charge in [-0.1, -0.05) is 11.6 Å². The van der Waals surface area contributed by atoms with Crippen molar-refractivity contribution in [3.63, 3.8) is 0 Å². The molecular formula is C13H21ClN4O3. The number of nitrogens with zero attached hydrogens (tertiary/aromatic N) is 2. The summed E-state index contributed by atoms with van der Waals surface area (Å²) in [5, 5.41) is 9.44. The first kappa shape index (κ1) is 17.5. The van der Waals surface area contributed by atoms with Gasteiger partial charge in [0.25, 0.3) is 0 Å². The minimum Gasteiger partial charge on any atom is -0.360 e. The third kappa shape index (κ3) is 5.02. The smallest absolute Gasteiger partial charge is 0.245 e. The van der Waals surface area contributed by atoms with Crippen LogP contribution in [0.3, 0.4) is 0 Å². The highest BCUT2D eigenvalue weighted by atomic mass is 35.5. The van der Waals surface area contributed by atoms with Gasteiger partial charge in [-0.25, -0.2) is 0 Å². The minimum atomic E-state index is -0.287. The minimum absolute atomic E-state index is 0. The van der Waals surface area contributed by atoms with E-state index in [1.165, 1.54) is 4.90 Å². The number of hydrogen-bond acceptors (Lipinski definition) is 5. The number of piperidine rings is 1. The third-order valence-corrected chi connectivity index (χ3v) is 3.26. The van der Waals surface area contributed by atoms with E-state index in [1.807, 2.05) is 0 Å². The molecule has 0 unspecified atom stereocenters. The van der Waals surface area contributed by atoms with Crippen LogP contribution in [-0.4, -0.2) is 48.0 Å². The van der Waals surface area contributed by atoms with Gasteiger partial charge in [0.1, 0.15) is 5.76 Å². The molecule has 0 saturated carbocycles. The molecule has 1 aromatic heterocycles. The average Bonchev–Trinajstić information content (AvgIpc) is 2.84. The number of hydrogen-bond donors (Lipinski definition) is 2. The zero-order chi connectivity index (χ0) is 14.5. The van der Waals surface area contributed by atoms with E-state index in [2.05, 4.69) is 15.8 Å². The van der Waals surface area contributed by atoms with Crippen LogP contribution in [0.15, 0.2) is 10.6 Å². The number of anilines is 1. The molecule has 2 heterocycles. The van der Waals surface area contributed by atoms with Crippen molar-refractivity contribution in [2.45, 2.75) is 32.2 Å². The van der Waals surface area contributed by atoms with E-state index < -0.39 is 0 Å². The molecule has 1 aliphatic rings. The second-order valence-corrected chi connectivity index (χ2v) is 5.07. The number of rotatable bonds is 4. The van der Waals surface area contributed by atoms with E-state index in [0.717, 1.165) is 25.8 Å². The van der Waals surface area contributed by atoms with Crippen LogP contribution >= 0.6 is 12.4 Å². The van der Waals surface area contributed by atoms with Crippen LogP contribution in [-0.2, 0) is 9.59 Å². The van der Waals surface area contributed by atoms with E-state index in [4.69, 9.17) is 4.52 Å². The molecule has 2 rings (SSSR count). The van der Waals surface area contributed by atoms with Crippen molar-refractivity contribution in [1.29, 1.82) is 0 Å². The predicted octanol–water partition coefficient (Wildman–Crippen LogP) is 0.944. The summed E-state index contributed by atoms with van der Waals surface area (Å²) in [5.41, 5.74) is 0. The second-order valence-electron chi connectivity index (χ2n) is 5.07. The normalized spacial score (nSPS) is 17.7. The van der Waals surface area contributed by atoms with Gasteiger partial charge in [0.15, 0.2) is 5.82 Å². The standard InChI is InChI=1S/C13H20N4O3.ClH/c1-9-7-11(16-20-9)15-12(18)8-17(2)13(19)10-5-3-4-6-14-10;/h7,10,14H,3-6,8H2,1-2H3,(H,15,16,18);1H/t10-;/m0./s1. The number of nitrogens with one attached hydrogen (secondary N) is 2. The second kappa shape index (κ2) is 7.99. The van der Waals surface area contributed by atoms with Crippen LogP contribution in [0.5, 0.6) is 0 Å². The molecule has 1 saturated heterocycles. The summed E-state index contributed by atoms with van der Waals surface area (Å²) < 4.78 is 4.86. The largest absolute Gasteiger partial charge is 0.360 e. The highest BCUT2D eigenvalue weighted by Crippen LogP contribution is 2.10. The van der Waals surface area contributed by atoms with Gasteiger partial charge in [-0.15, -0.1) is 12.4 Å². The van der Waals surface area contributed by atoms with Crippen LogP contribution in [0.25, 0.3) is 0 Å². The van der Waals surface area contributed by atoms with Gasteiger partial charge in [-0.2, -0.15) is 0 Å². The van der Waals surface area contributed by atoms with Crippen molar-refractivity contribution in [2.24, 2.45) is 0 Å². The number of amides is 2. The van der Waals surface area contributed by atoms with Crippen LogP contribution in [0.4, 0.5) is 5.82 Å². The lowest BCUT2D eigenvalue weighted by Gasteiger charge is -2.27. The maximum absolute atomic E-state index is 12.1. The molecule has 0 radical (unpaired) electrons. The highest BCUT2D eigenvalue weighted by molar-refractivity contribution is 5.94. The Bertz CT molecular complexity index is 486. The number of likely N-dealkylation sites (N-methyl/N-ethyl adjacent to an activating group) is 1. The van der Waals surface area contributed by atoms with Gasteiger partial charge in [-0.05, 0) is 26.3 Å². The lowest BCUT2D eigenvalue weighted by atomic mass is 10.0. The van der Waals surface area contributed by atoms with Gasteiger partial charge >= 0.3 is 0 Å². The van der Waals surface area contributed by atoms with Crippen LogP contribution < -0.4 is 10.6 Å². The fourth-order valence-electron chi connectivity index (χ4n) is 2.23. The summed E-state index contributed by atoms with van der Waals surface area (Å²) in [6.07, 6.45) is 2.97. The molecule has 1 fully saturated rings. The number of halogens is 1. The molecule has 0 aliphatic carbocycles. The molecule has 2 amide bonds. The lowest BCUT2D eigenvalue weighted by molar-refractivity contribution is -0.135. The van der Waals surface area contributed by atoms with E-state index in [9.17, 15) is 9.59 Å². The Hall–Kier alpha value is -1.60. The summed E-state index contributed by atoms with van der Waals surface area (Å²) in [4.78, 5) is 25.4. The molecule has 1 aromatic rings. The molecule has 0 aromatic carbocycles. The quantitative estimate of drug-likeness (QED) is 0.863. The Morgan fingerprint density at radius 2 is 2.29 bits per heavy atom. The molecular weight excluding hydrogens is 296 g/mol. The number of carbonyl (C=O) groups excluding carboxylic acids is 2. The Kier molecular flexibility index (Phi) is 6.64. The molecule has 21 heavy (non-hydrogen) atoms. The van der Waals surface area contributed by atoms with Gasteiger partial charge in [0.05, 0.1) is 12.6 Å². The maximum Gasteiger partial charge on any atom is 0.245 e. The van der Waals surface area contributed by atoms with Crippen molar-refractivity contribution in [3.05, 3.63) is 11.8 Å². The fraction of sp³-hybridized carbons (Fsp3) is 0.615. The summed E-state index contributed by atoms with van der Waals surface area (Å²) >= 11 is 0. The fourth-order valence-corrected chi connectivity index (χ4v) is 2.23. The SMILES string of the molecule is Cc1cc(NC(=O)CN(C)C(=O)[C@@H]2CCCCN2)no1.Cl. The molecule has 7 nitrogen and oxygen atoms in total. The summed E-state index contributed by atoms with van der Waals surface area (Å²) in [6.45, 7) is 2.60. The Morgan fingerprint density at radius 3 is 2.86 bits per heavy atom. The predicted molar refractivity (Wildman–Crippen MR) is 80.4 cm³/mol. The third-order valence-electron chi connectivity index (χ3n) is 3.26. The zero-order valence-corrected chi connectivity index (χ0v) is 13.0. The summed E-state index contributed by atoms with van der Waals surface area (Å²) in [5.74, 6) is 0.654. The van der Waals surface area contributed by atoms with E-state index >= 15 is 0 Å². The lowest BCUT2D eigenvalue weighted by Crippen LogP contribution is -2.49. The molecule has 1 aliphatic heterocycles. The monoisotopic (exact) mass is 316 g/mol. The highest BCUT2D eigenvalue weighted by Gasteiger charge is 2.24. The van der Waals surface area contributed by atoms with Crippen LogP contribution in [0, 0.1) is 6.92 Å². The van der Waals surface area contributed by atoms with Gasteiger partial charge < -0.3 is 20.1 Å². The van der Waals surface area contributed by atoms with E-state index in [1.54, 1.807) is 20.0 Å². The Morgan fingerprint density at radius 1 is 1.52 bits per heavy atom. The molecule has 0 spiro atoms. The Labute approximate surface area is 129 Å². The molecule has 2 N–H and O–H groups in total. The van der Waals surface area contributed by atoms with Crippen molar-refractivity contribution in [2.75, 3.05) is 25.5 Å². The maximum atomic E-state index is 12.1. The first-order valence-corrected chi connectivity index (χ1v) is 6.78. The van der Waals surface area contributed by atoms with Gasteiger partial charge in [0, 0.05) is 13.1 Å². The average molecular weight is 317 g/mol. The van der Waals surface area contributed by atoms with Crippen LogP contribution in [0.2, 0.25) is 0 Å². The van der Waals surface area contributed by atoms with Crippen molar-refractivity contribution in [3.8, 4) is 0 Å². The van der Waals surface area contributed by atoms with Crippen molar-refractivity contribution < 1.29 is 14.1 Å². The number of carbonyl (C=O) groups is 2. The topological polar surface area (TPSA) is 87.5 Å². The molecule has 1 atom stereocenters. The number of aromatic nitrogens is 1. The first-order chi connectivity index (χ1) is 9.56. The molecule has 118 valence electrons. The molecule has 8 heteroatoms. The summed E-state index contributed by atoms with van der Waals surface area (Å²) in [6, 6.07) is 1.46. The van der Waals surface area contributed by atoms with Gasteiger partial charge in [0.2, 0.25) is 11.8 Å². The summed E-state index contributed by atoms with van der Waals surface area (Å²) in [7, 11) is 1.63. The van der Waals surface area contributed by atoms with Crippen molar-refractivity contribution in [1.82, 2.24) is 15.4 Å². The van der Waals surface area contributed by atoms with E-state index in [-0.39, 0.29) is 36.8 Å². The van der Waals surface area contributed by atoms with Crippen molar-refractivity contribution >= 4 is 30.0 Å². The van der Waals surface area contributed by atoms with Gasteiger partial charge in [-0.3, -0.25) is 9.59 Å². The first-order valence-electron chi connectivity index (χ1n) is 6.78.